The number of thioether (sulfide) groups is 1. The van der Waals surface area contributed by atoms with Crippen molar-refractivity contribution in [3.8, 4) is 22.1 Å². The van der Waals surface area contributed by atoms with Crippen molar-refractivity contribution < 1.29 is 9.53 Å². The van der Waals surface area contributed by atoms with Gasteiger partial charge in [-0.3, -0.25) is 9.36 Å². The van der Waals surface area contributed by atoms with E-state index >= 15 is 0 Å². The van der Waals surface area contributed by atoms with E-state index in [0.717, 1.165) is 27.6 Å². The molecule has 0 radical (unpaired) electrons. The number of ether oxygens (including phenoxy) is 1. The summed E-state index contributed by atoms with van der Waals surface area (Å²) in [5.41, 5.74) is 3.05. The zero-order valence-electron chi connectivity index (χ0n) is 19.6. The first-order valence-electron chi connectivity index (χ1n) is 10.7. The van der Waals surface area contributed by atoms with Crippen molar-refractivity contribution in [3.63, 3.8) is 0 Å². The van der Waals surface area contributed by atoms with Crippen molar-refractivity contribution in [2.75, 3.05) is 38.9 Å². The summed E-state index contributed by atoms with van der Waals surface area (Å²) < 4.78 is 7.55. The quantitative estimate of drug-likeness (QED) is 0.312. The molecule has 2 aromatic carbocycles. The first kappa shape index (κ1) is 23.8. The summed E-state index contributed by atoms with van der Waals surface area (Å²) in [4.78, 5) is 17.7. The van der Waals surface area contributed by atoms with E-state index in [2.05, 4.69) is 39.4 Å². The molecule has 176 valence electrons. The Morgan fingerprint density at radius 1 is 1.03 bits per heavy atom. The second kappa shape index (κ2) is 10.8. The van der Waals surface area contributed by atoms with E-state index in [1.54, 1.807) is 23.3 Å². The fourth-order valence-electron chi connectivity index (χ4n) is 3.46. The van der Waals surface area contributed by atoms with Crippen LogP contribution in [0.15, 0.2) is 71.2 Å². The average Bonchev–Trinajstić information content (AvgIpc) is 3.52. The highest BCUT2D eigenvalue weighted by atomic mass is 32.2. The molecule has 0 fully saturated rings. The molecule has 0 atom stereocenters. The van der Waals surface area contributed by atoms with Crippen molar-refractivity contribution in [2.45, 2.75) is 11.7 Å². The van der Waals surface area contributed by atoms with E-state index in [-0.39, 0.29) is 11.7 Å². The smallest absolute Gasteiger partial charge is 0.233 e. The molecule has 0 unspecified atom stereocenters. The Balaban J connectivity index is 1.52. The van der Waals surface area contributed by atoms with Gasteiger partial charge in [-0.05, 0) is 41.3 Å². The molecule has 0 aliphatic heterocycles. The second-order valence-electron chi connectivity index (χ2n) is 7.89. The van der Waals surface area contributed by atoms with Gasteiger partial charge in [0, 0.05) is 33.4 Å². The molecule has 0 aliphatic rings. The Bertz CT molecular complexity index is 1240. The molecule has 0 spiro atoms. The monoisotopic (exact) mass is 493 g/mol. The van der Waals surface area contributed by atoms with Gasteiger partial charge in [0.15, 0.2) is 11.0 Å². The van der Waals surface area contributed by atoms with Gasteiger partial charge in [-0.15, -0.1) is 21.5 Å². The third kappa shape index (κ3) is 5.26. The van der Waals surface area contributed by atoms with E-state index in [4.69, 9.17) is 4.74 Å². The van der Waals surface area contributed by atoms with Crippen molar-refractivity contribution in [1.82, 2.24) is 19.7 Å². The maximum atomic E-state index is 12.9. The summed E-state index contributed by atoms with van der Waals surface area (Å²) in [7, 11) is 7.49. The van der Waals surface area contributed by atoms with E-state index in [9.17, 15) is 4.79 Å². The van der Waals surface area contributed by atoms with E-state index in [1.165, 1.54) is 11.8 Å². The van der Waals surface area contributed by atoms with Crippen molar-refractivity contribution >= 4 is 34.7 Å². The van der Waals surface area contributed by atoms with Gasteiger partial charge in [0.2, 0.25) is 5.91 Å². The van der Waals surface area contributed by atoms with Crippen LogP contribution >= 0.6 is 23.1 Å². The number of hydrogen-bond acceptors (Lipinski definition) is 7. The number of aromatic nitrogens is 3. The summed E-state index contributed by atoms with van der Waals surface area (Å²) in [6, 6.07) is 20.0. The molecule has 0 bridgehead atoms. The number of methoxy groups -OCH3 is 1. The SMILES string of the molecule is COc1ccccc1-n1c(SCC(=O)N(C)Cc2ccc(N(C)C)cc2)nnc1-c1cccs1. The summed E-state index contributed by atoms with van der Waals surface area (Å²) in [5.74, 6) is 1.72. The third-order valence-electron chi connectivity index (χ3n) is 5.32. The minimum Gasteiger partial charge on any atom is -0.495 e. The highest BCUT2D eigenvalue weighted by molar-refractivity contribution is 7.99. The Kier molecular flexibility index (Phi) is 7.54. The molecule has 0 saturated heterocycles. The fraction of sp³-hybridized carbons (Fsp3) is 0.240. The number of anilines is 1. The van der Waals surface area contributed by atoms with Crippen molar-refractivity contribution in [1.29, 1.82) is 0 Å². The van der Waals surface area contributed by atoms with Crippen molar-refractivity contribution in [2.24, 2.45) is 0 Å². The van der Waals surface area contributed by atoms with Crippen LogP contribution in [0.1, 0.15) is 5.56 Å². The number of amides is 1. The lowest BCUT2D eigenvalue weighted by Gasteiger charge is -2.18. The number of thiophene rings is 1. The fourth-order valence-corrected chi connectivity index (χ4v) is 5.04. The molecular formula is C25H27N5O2S2. The Hall–Kier alpha value is -3.30. The summed E-state index contributed by atoms with van der Waals surface area (Å²) >= 11 is 2.97. The minimum absolute atomic E-state index is 0.0222. The normalized spacial score (nSPS) is 10.8. The maximum Gasteiger partial charge on any atom is 0.233 e. The number of rotatable bonds is 9. The number of carbonyl (C=O) groups excluding carboxylic acids is 1. The number of para-hydroxylation sites is 2. The van der Waals surface area contributed by atoms with Crippen LogP contribution < -0.4 is 9.64 Å². The summed E-state index contributed by atoms with van der Waals surface area (Å²) in [5, 5.41) is 11.5. The van der Waals surface area contributed by atoms with E-state index in [1.807, 2.05) is 67.5 Å². The molecule has 1 amide bonds. The van der Waals surface area contributed by atoms with Crippen LogP contribution in [0.2, 0.25) is 0 Å². The topological polar surface area (TPSA) is 63.5 Å². The molecule has 4 rings (SSSR count). The van der Waals surface area contributed by atoms with Gasteiger partial charge in [0.25, 0.3) is 0 Å². The van der Waals surface area contributed by atoms with Crippen LogP contribution in [0.3, 0.4) is 0 Å². The number of carbonyl (C=O) groups is 1. The largest absolute Gasteiger partial charge is 0.495 e. The van der Waals surface area contributed by atoms with Crippen molar-refractivity contribution in [3.05, 3.63) is 71.6 Å². The first-order valence-corrected chi connectivity index (χ1v) is 12.6. The van der Waals surface area contributed by atoms with Gasteiger partial charge in [-0.2, -0.15) is 0 Å². The van der Waals surface area contributed by atoms with Gasteiger partial charge >= 0.3 is 0 Å². The number of benzene rings is 2. The molecule has 9 heteroatoms. The predicted molar refractivity (Wildman–Crippen MR) is 139 cm³/mol. The molecule has 2 aromatic heterocycles. The summed E-state index contributed by atoms with van der Waals surface area (Å²) in [6.45, 7) is 0.548. The van der Waals surface area contributed by atoms with Gasteiger partial charge in [0.05, 0.1) is 23.4 Å². The lowest BCUT2D eigenvalue weighted by molar-refractivity contribution is -0.127. The standard InChI is InChI=1S/C25H27N5O2S2/c1-28(2)19-13-11-18(12-14-19)16-29(3)23(31)17-34-25-27-26-24(22-10-7-15-33-22)30(25)20-8-5-6-9-21(20)32-4/h5-15H,16-17H2,1-4H3. The first-order chi connectivity index (χ1) is 16.5. The van der Waals surface area contributed by atoms with Gasteiger partial charge < -0.3 is 14.5 Å². The third-order valence-corrected chi connectivity index (χ3v) is 7.10. The molecule has 0 saturated carbocycles. The summed E-state index contributed by atoms with van der Waals surface area (Å²) in [6.07, 6.45) is 0. The Morgan fingerprint density at radius 2 is 1.79 bits per heavy atom. The Morgan fingerprint density at radius 3 is 2.47 bits per heavy atom. The van der Waals surface area contributed by atoms with Gasteiger partial charge in [-0.1, -0.05) is 42.1 Å². The lowest BCUT2D eigenvalue weighted by atomic mass is 10.2. The average molecular weight is 494 g/mol. The molecule has 4 aromatic rings. The van der Waals surface area contributed by atoms with Crippen LogP contribution in [-0.4, -0.2) is 59.6 Å². The maximum absolute atomic E-state index is 12.9. The molecule has 0 N–H and O–H groups in total. The number of nitrogens with zero attached hydrogens (tertiary/aromatic N) is 5. The zero-order valence-corrected chi connectivity index (χ0v) is 21.3. The molecule has 7 nitrogen and oxygen atoms in total. The van der Waals surface area contributed by atoms with Crippen LogP contribution in [-0.2, 0) is 11.3 Å². The van der Waals surface area contributed by atoms with E-state index < -0.39 is 0 Å². The minimum atomic E-state index is 0.0222. The van der Waals surface area contributed by atoms with Crippen LogP contribution in [0.5, 0.6) is 5.75 Å². The highest BCUT2D eigenvalue weighted by Gasteiger charge is 2.21. The zero-order chi connectivity index (χ0) is 24.1. The molecule has 2 heterocycles. The van der Waals surface area contributed by atoms with Gasteiger partial charge in [0.1, 0.15) is 5.75 Å². The van der Waals surface area contributed by atoms with Gasteiger partial charge in [-0.25, -0.2) is 0 Å². The lowest BCUT2D eigenvalue weighted by Crippen LogP contribution is -2.28. The van der Waals surface area contributed by atoms with E-state index in [0.29, 0.717) is 17.5 Å². The van der Waals surface area contributed by atoms with Crippen LogP contribution in [0, 0.1) is 0 Å². The van der Waals surface area contributed by atoms with Crippen LogP contribution in [0.25, 0.3) is 16.4 Å². The molecule has 34 heavy (non-hydrogen) atoms. The Labute approximate surface area is 208 Å². The molecular weight excluding hydrogens is 466 g/mol. The number of hydrogen-bond donors (Lipinski definition) is 0. The highest BCUT2D eigenvalue weighted by Crippen LogP contribution is 2.34. The predicted octanol–water partition coefficient (Wildman–Crippen LogP) is 4.82. The molecule has 0 aliphatic carbocycles. The second-order valence-corrected chi connectivity index (χ2v) is 9.78. The van der Waals surface area contributed by atoms with Crippen LogP contribution in [0.4, 0.5) is 5.69 Å².